The highest BCUT2D eigenvalue weighted by atomic mass is 15.3. The van der Waals surface area contributed by atoms with Crippen molar-refractivity contribution in [3.05, 3.63) is 0 Å². The fourth-order valence-corrected chi connectivity index (χ4v) is 4.06. The molecular formula is C14H27N3. The Hall–Kier alpha value is -0.120. The van der Waals surface area contributed by atoms with E-state index in [1.165, 1.54) is 45.1 Å². The van der Waals surface area contributed by atoms with Crippen molar-refractivity contribution in [1.82, 2.24) is 9.80 Å². The first kappa shape index (κ1) is 11.9. The van der Waals surface area contributed by atoms with E-state index >= 15 is 0 Å². The molecule has 2 bridgehead atoms. The summed E-state index contributed by atoms with van der Waals surface area (Å²) in [4.78, 5) is 5.22. The molecule has 2 aliphatic heterocycles. The molecule has 3 heteroatoms. The molecule has 3 rings (SSSR count). The first-order chi connectivity index (χ1) is 8.14. The Kier molecular flexibility index (Phi) is 2.96. The van der Waals surface area contributed by atoms with E-state index in [0.717, 1.165) is 24.5 Å². The molecule has 0 aromatic rings. The molecule has 0 amide bonds. The van der Waals surface area contributed by atoms with Crippen molar-refractivity contribution >= 4 is 0 Å². The van der Waals surface area contributed by atoms with Crippen LogP contribution in [-0.2, 0) is 0 Å². The fraction of sp³-hybridized carbons (Fsp3) is 1.00. The van der Waals surface area contributed by atoms with Crippen molar-refractivity contribution in [3.8, 4) is 0 Å². The Morgan fingerprint density at radius 1 is 1.18 bits per heavy atom. The van der Waals surface area contributed by atoms with Gasteiger partial charge in [0, 0.05) is 30.7 Å². The molecule has 17 heavy (non-hydrogen) atoms. The first-order valence-corrected chi connectivity index (χ1v) is 7.28. The monoisotopic (exact) mass is 237 g/mol. The number of piperidine rings is 1. The van der Waals surface area contributed by atoms with Gasteiger partial charge < -0.3 is 10.6 Å². The van der Waals surface area contributed by atoms with Gasteiger partial charge in [0.05, 0.1) is 0 Å². The van der Waals surface area contributed by atoms with Gasteiger partial charge in [-0.25, -0.2) is 0 Å². The van der Waals surface area contributed by atoms with E-state index in [-0.39, 0.29) is 0 Å². The summed E-state index contributed by atoms with van der Waals surface area (Å²) in [5, 5.41) is 0. The van der Waals surface area contributed by atoms with Gasteiger partial charge in [-0.3, -0.25) is 4.90 Å². The summed E-state index contributed by atoms with van der Waals surface area (Å²) in [5.41, 5.74) is 6.48. The highest BCUT2D eigenvalue weighted by molar-refractivity contribution is 5.06. The number of nitrogens with zero attached hydrogens (tertiary/aromatic N) is 2. The minimum atomic E-state index is 0.306. The Morgan fingerprint density at radius 2 is 1.76 bits per heavy atom. The SMILES string of the molecule is CN1C2CCC1CC(CN)(N(C)CC1CC1)C2. The zero-order valence-corrected chi connectivity index (χ0v) is 11.4. The third kappa shape index (κ3) is 2.02. The van der Waals surface area contributed by atoms with Crippen LogP contribution in [0.5, 0.6) is 0 Å². The van der Waals surface area contributed by atoms with Crippen LogP contribution in [0.15, 0.2) is 0 Å². The number of rotatable bonds is 4. The second kappa shape index (κ2) is 4.22. The quantitative estimate of drug-likeness (QED) is 0.799. The lowest BCUT2D eigenvalue weighted by molar-refractivity contribution is 0.0139. The van der Waals surface area contributed by atoms with Gasteiger partial charge in [-0.1, -0.05) is 0 Å². The van der Waals surface area contributed by atoms with Crippen molar-refractivity contribution in [1.29, 1.82) is 0 Å². The molecule has 1 saturated carbocycles. The largest absolute Gasteiger partial charge is 0.329 e. The number of likely N-dealkylation sites (N-methyl/N-ethyl adjacent to an activating group) is 1. The topological polar surface area (TPSA) is 32.5 Å². The molecule has 3 nitrogen and oxygen atoms in total. The van der Waals surface area contributed by atoms with Crippen LogP contribution in [0, 0.1) is 5.92 Å². The maximum absolute atomic E-state index is 6.17. The minimum absolute atomic E-state index is 0.306. The predicted molar refractivity (Wildman–Crippen MR) is 70.9 cm³/mol. The van der Waals surface area contributed by atoms with Gasteiger partial charge in [0.15, 0.2) is 0 Å². The van der Waals surface area contributed by atoms with E-state index in [0.29, 0.717) is 5.54 Å². The number of nitrogens with two attached hydrogens (primary N) is 1. The number of fused-ring (bicyclic) bond motifs is 2. The van der Waals surface area contributed by atoms with Crippen LogP contribution in [0.4, 0.5) is 0 Å². The molecular weight excluding hydrogens is 210 g/mol. The van der Waals surface area contributed by atoms with Gasteiger partial charge >= 0.3 is 0 Å². The smallest absolute Gasteiger partial charge is 0.0358 e. The third-order valence-electron chi connectivity index (χ3n) is 5.63. The van der Waals surface area contributed by atoms with E-state index in [1.807, 2.05) is 0 Å². The van der Waals surface area contributed by atoms with Crippen molar-refractivity contribution < 1.29 is 0 Å². The molecule has 98 valence electrons. The van der Waals surface area contributed by atoms with Crippen molar-refractivity contribution in [2.45, 2.75) is 56.1 Å². The second-order valence-corrected chi connectivity index (χ2v) is 6.71. The zero-order valence-electron chi connectivity index (χ0n) is 11.4. The van der Waals surface area contributed by atoms with E-state index in [1.54, 1.807) is 0 Å². The van der Waals surface area contributed by atoms with E-state index < -0.39 is 0 Å². The van der Waals surface area contributed by atoms with Crippen LogP contribution in [0.3, 0.4) is 0 Å². The van der Waals surface area contributed by atoms with Crippen LogP contribution in [0.2, 0.25) is 0 Å². The lowest BCUT2D eigenvalue weighted by Crippen LogP contribution is -2.61. The molecule has 0 radical (unpaired) electrons. The molecule has 2 unspecified atom stereocenters. The van der Waals surface area contributed by atoms with Crippen LogP contribution < -0.4 is 5.73 Å². The molecule has 3 fully saturated rings. The highest BCUT2D eigenvalue weighted by Crippen LogP contribution is 2.43. The van der Waals surface area contributed by atoms with Gasteiger partial charge in [0.2, 0.25) is 0 Å². The molecule has 0 spiro atoms. The standard InChI is InChI=1S/C14H27N3/c1-16(9-11-3-4-11)14(10-15)7-12-5-6-13(8-14)17(12)2/h11-13H,3-10,15H2,1-2H3. The van der Waals surface area contributed by atoms with E-state index in [4.69, 9.17) is 5.73 Å². The maximum atomic E-state index is 6.17. The van der Waals surface area contributed by atoms with Gasteiger partial charge in [-0.15, -0.1) is 0 Å². The summed E-state index contributed by atoms with van der Waals surface area (Å²) in [6.45, 7) is 2.12. The molecule has 2 atom stereocenters. The van der Waals surface area contributed by atoms with Crippen LogP contribution >= 0.6 is 0 Å². The van der Waals surface area contributed by atoms with Gasteiger partial charge in [-0.05, 0) is 58.5 Å². The zero-order chi connectivity index (χ0) is 12.0. The molecule has 0 aromatic carbocycles. The normalized spacial score (nSPS) is 42.4. The summed E-state index contributed by atoms with van der Waals surface area (Å²) >= 11 is 0. The van der Waals surface area contributed by atoms with Crippen LogP contribution in [-0.4, -0.2) is 54.6 Å². The summed E-state index contributed by atoms with van der Waals surface area (Å²) in [6, 6.07) is 1.58. The maximum Gasteiger partial charge on any atom is 0.0358 e. The fourth-order valence-electron chi connectivity index (χ4n) is 4.06. The van der Waals surface area contributed by atoms with Crippen LogP contribution in [0.1, 0.15) is 38.5 Å². The lowest BCUT2D eigenvalue weighted by Gasteiger charge is -2.50. The van der Waals surface area contributed by atoms with Gasteiger partial charge in [0.1, 0.15) is 0 Å². The average molecular weight is 237 g/mol. The molecule has 0 aromatic heterocycles. The van der Waals surface area contributed by atoms with E-state index in [9.17, 15) is 0 Å². The summed E-state index contributed by atoms with van der Waals surface area (Å²) in [6.07, 6.45) is 8.25. The highest BCUT2D eigenvalue weighted by Gasteiger charge is 2.48. The Balaban J connectivity index is 1.73. The summed E-state index contributed by atoms with van der Waals surface area (Å²) < 4.78 is 0. The Bertz CT molecular complexity index is 273. The molecule has 2 N–H and O–H groups in total. The Labute approximate surface area is 105 Å². The van der Waals surface area contributed by atoms with E-state index in [2.05, 4.69) is 23.9 Å². The van der Waals surface area contributed by atoms with Gasteiger partial charge in [0.25, 0.3) is 0 Å². The number of hydrogen-bond acceptors (Lipinski definition) is 3. The predicted octanol–water partition coefficient (Wildman–Crippen LogP) is 1.28. The summed E-state index contributed by atoms with van der Waals surface area (Å²) in [5.74, 6) is 0.973. The number of hydrogen-bond donors (Lipinski definition) is 1. The third-order valence-corrected chi connectivity index (χ3v) is 5.63. The first-order valence-electron chi connectivity index (χ1n) is 7.28. The van der Waals surface area contributed by atoms with Crippen LogP contribution in [0.25, 0.3) is 0 Å². The Morgan fingerprint density at radius 3 is 2.24 bits per heavy atom. The molecule has 3 aliphatic rings. The molecule has 2 saturated heterocycles. The molecule has 1 aliphatic carbocycles. The van der Waals surface area contributed by atoms with Crippen molar-refractivity contribution in [2.24, 2.45) is 11.7 Å². The van der Waals surface area contributed by atoms with Crippen molar-refractivity contribution in [3.63, 3.8) is 0 Å². The summed E-state index contributed by atoms with van der Waals surface area (Å²) in [7, 11) is 4.62. The van der Waals surface area contributed by atoms with Gasteiger partial charge in [-0.2, -0.15) is 0 Å². The van der Waals surface area contributed by atoms with Crippen molar-refractivity contribution in [2.75, 3.05) is 27.2 Å². The minimum Gasteiger partial charge on any atom is -0.329 e. The molecule has 2 heterocycles. The average Bonchev–Trinajstić information content (AvgIpc) is 3.09. The second-order valence-electron chi connectivity index (χ2n) is 6.71. The lowest BCUT2D eigenvalue weighted by atomic mass is 9.81.